The van der Waals surface area contributed by atoms with Gasteiger partial charge in [-0.3, -0.25) is 0 Å². The van der Waals surface area contributed by atoms with Crippen LogP contribution >= 0.6 is 0 Å². The predicted molar refractivity (Wildman–Crippen MR) is 42.6 cm³/mol. The van der Waals surface area contributed by atoms with Crippen LogP contribution in [0.25, 0.3) is 0 Å². The van der Waals surface area contributed by atoms with Gasteiger partial charge in [-0.2, -0.15) is 0 Å². The Bertz CT molecular complexity index is 162. The molecule has 0 atom stereocenters. The summed E-state index contributed by atoms with van der Waals surface area (Å²) in [6.07, 6.45) is 0. The lowest BCUT2D eigenvalue weighted by atomic mass is 10.3. The number of ether oxygens (including phenoxy) is 1. The molecule has 0 aliphatic rings. The van der Waals surface area contributed by atoms with E-state index >= 15 is 0 Å². The van der Waals surface area contributed by atoms with Crippen LogP contribution in [0.2, 0.25) is 0 Å². The summed E-state index contributed by atoms with van der Waals surface area (Å²) in [5, 5.41) is 0. The van der Waals surface area contributed by atoms with E-state index in [1.165, 1.54) is 0 Å². The molecule has 0 saturated carbocycles. The lowest BCUT2D eigenvalue weighted by Gasteiger charge is -1.99. The van der Waals surface area contributed by atoms with Crippen molar-refractivity contribution in [3.05, 3.63) is 30.3 Å². The van der Waals surface area contributed by atoms with Crippen molar-refractivity contribution in [1.29, 1.82) is 0 Å². The van der Waals surface area contributed by atoms with Gasteiger partial charge in [0.15, 0.2) is 0 Å². The van der Waals surface area contributed by atoms with Crippen LogP contribution in [0.1, 0.15) is 6.92 Å². The number of para-hydroxylation sites is 1. The summed E-state index contributed by atoms with van der Waals surface area (Å²) < 4.78 is 5.21. The van der Waals surface area contributed by atoms with E-state index in [0.717, 1.165) is 12.4 Å². The molecule has 1 aromatic rings. The van der Waals surface area contributed by atoms with Crippen LogP contribution in [-0.2, 0) is 0 Å². The standard InChI is InChI=1S/C8H10O.H3N/c1-2-9-8-6-4-3-5-7-8;/h3-7H,2H2,1H3;1H3. The van der Waals surface area contributed by atoms with Gasteiger partial charge >= 0.3 is 0 Å². The first-order valence-electron chi connectivity index (χ1n) is 3.11. The van der Waals surface area contributed by atoms with Crippen LogP contribution in [0.3, 0.4) is 0 Å². The molecule has 10 heavy (non-hydrogen) atoms. The van der Waals surface area contributed by atoms with Crippen LogP contribution in [0, 0.1) is 0 Å². The number of benzene rings is 1. The van der Waals surface area contributed by atoms with Gasteiger partial charge in [0.2, 0.25) is 0 Å². The van der Waals surface area contributed by atoms with Crippen LogP contribution in [0.15, 0.2) is 30.3 Å². The predicted octanol–water partition coefficient (Wildman–Crippen LogP) is 2.25. The second-order valence-corrected chi connectivity index (χ2v) is 1.75. The van der Waals surface area contributed by atoms with Gasteiger partial charge in [0, 0.05) is 0 Å². The average Bonchev–Trinajstić information content (AvgIpc) is 1.91. The second kappa shape index (κ2) is 4.82. The summed E-state index contributed by atoms with van der Waals surface area (Å²) in [7, 11) is 0. The Hall–Kier alpha value is -1.02. The summed E-state index contributed by atoms with van der Waals surface area (Å²) in [5.41, 5.74) is 0. The van der Waals surface area contributed by atoms with E-state index in [-0.39, 0.29) is 6.15 Å². The molecule has 0 heterocycles. The van der Waals surface area contributed by atoms with Crippen molar-refractivity contribution in [2.45, 2.75) is 6.92 Å². The summed E-state index contributed by atoms with van der Waals surface area (Å²) in [5.74, 6) is 0.944. The minimum absolute atomic E-state index is 0. The van der Waals surface area contributed by atoms with E-state index < -0.39 is 0 Å². The van der Waals surface area contributed by atoms with Crippen molar-refractivity contribution >= 4 is 0 Å². The lowest BCUT2D eigenvalue weighted by molar-refractivity contribution is 0.340. The van der Waals surface area contributed by atoms with E-state index in [4.69, 9.17) is 4.74 Å². The molecule has 2 nitrogen and oxygen atoms in total. The molecule has 0 fully saturated rings. The van der Waals surface area contributed by atoms with Crippen molar-refractivity contribution in [2.75, 3.05) is 6.61 Å². The highest BCUT2D eigenvalue weighted by Crippen LogP contribution is 2.06. The first-order valence-corrected chi connectivity index (χ1v) is 3.11. The average molecular weight is 139 g/mol. The van der Waals surface area contributed by atoms with Gasteiger partial charge in [-0.1, -0.05) is 18.2 Å². The number of rotatable bonds is 2. The minimum Gasteiger partial charge on any atom is -0.494 e. The molecular formula is C8H13NO. The molecule has 56 valence electrons. The van der Waals surface area contributed by atoms with Gasteiger partial charge in [0.25, 0.3) is 0 Å². The quantitative estimate of drug-likeness (QED) is 0.682. The molecule has 0 radical (unpaired) electrons. The normalized spacial score (nSPS) is 8.10. The van der Waals surface area contributed by atoms with E-state index in [1.54, 1.807) is 0 Å². The van der Waals surface area contributed by atoms with Gasteiger partial charge in [-0.15, -0.1) is 0 Å². The Morgan fingerprint density at radius 1 is 1.20 bits per heavy atom. The molecular weight excluding hydrogens is 126 g/mol. The smallest absolute Gasteiger partial charge is 0.119 e. The number of hydrogen-bond acceptors (Lipinski definition) is 2. The molecule has 2 heteroatoms. The van der Waals surface area contributed by atoms with Crippen LogP contribution in [-0.4, -0.2) is 6.61 Å². The zero-order valence-electron chi connectivity index (χ0n) is 6.21. The van der Waals surface area contributed by atoms with E-state index in [1.807, 2.05) is 37.3 Å². The number of hydrogen-bond donors (Lipinski definition) is 1. The zero-order chi connectivity index (χ0) is 6.53. The van der Waals surface area contributed by atoms with E-state index in [9.17, 15) is 0 Å². The SMILES string of the molecule is CCOc1ccccc1.N. The minimum atomic E-state index is 0. The molecule has 3 N–H and O–H groups in total. The molecule has 0 unspecified atom stereocenters. The Morgan fingerprint density at radius 2 is 1.80 bits per heavy atom. The Morgan fingerprint density at radius 3 is 2.30 bits per heavy atom. The Balaban J connectivity index is 0.000000810. The molecule has 1 aromatic carbocycles. The van der Waals surface area contributed by atoms with Gasteiger partial charge in [0.05, 0.1) is 6.61 Å². The van der Waals surface area contributed by atoms with Crippen LogP contribution in [0.5, 0.6) is 5.75 Å². The van der Waals surface area contributed by atoms with Crippen molar-refractivity contribution in [3.8, 4) is 5.75 Å². The monoisotopic (exact) mass is 139 g/mol. The van der Waals surface area contributed by atoms with Gasteiger partial charge in [-0.05, 0) is 19.1 Å². The summed E-state index contributed by atoms with van der Waals surface area (Å²) in [4.78, 5) is 0. The highest BCUT2D eigenvalue weighted by molar-refractivity contribution is 5.20. The van der Waals surface area contributed by atoms with Crippen LogP contribution < -0.4 is 10.9 Å². The third kappa shape index (κ3) is 2.51. The van der Waals surface area contributed by atoms with Gasteiger partial charge < -0.3 is 10.9 Å². The topological polar surface area (TPSA) is 44.2 Å². The highest BCUT2D eigenvalue weighted by atomic mass is 16.5. The maximum Gasteiger partial charge on any atom is 0.119 e. The first-order chi connectivity index (χ1) is 4.43. The molecule has 0 amide bonds. The van der Waals surface area contributed by atoms with Gasteiger partial charge in [0.1, 0.15) is 5.75 Å². The fraction of sp³-hybridized carbons (Fsp3) is 0.250. The van der Waals surface area contributed by atoms with Crippen molar-refractivity contribution in [3.63, 3.8) is 0 Å². The zero-order valence-corrected chi connectivity index (χ0v) is 6.21. The second-order valence-electron chi connectivity index (χ2n) is 1.75. The summed E-state index contributed by atoms with van der Waals surface area (Å²) in [6.45, 7) is 2.72. The maximum atomic E-state index is 5.21. The fourth-order valence-electron chi connectivity index (χ4n) is 0.683. The first kappa shape index (κ1) is 8.98. The molecule has 0 spiro atoms. The van der Waals surface area contributed by atoms with Gasteiger partial charge in [-0.25, -0.2) is 0 Å². The van der Waals surface area contributed by atoms with Crippen LogP contribution in [0.4, 0.5) is 0 Å². The maximum absolute atomic E-state index is 5.21. The Kier molecular flexibility index (Phi) is 4.33. The molecule has 0 bridgehead atoms. The lowest BCUT2D eigenvalue weighted by Crippen LogP contribution is -1.89. The molecule has 1 rings (SSSR count). The molecule has 0 saturated heterocycles. The summed E-state index contributed by atoms with van der Waals surface area (Å²) >= 11 is 0. The molecule has 0 aromatic heterocycles. The highest BCUT2D eigenvalue weighted by Gasteiger charge is 1.83. The molecule has 0 aliphatic carbocycles. The van der Waals surface area contributed by atoms with Crippen molar-refractivity contribution in [2.24, 2.45) is 0 Å². The third-order valence-corrected chi connectivity index (χ3v) is 1.05. The fourth-order valence-corrected chi connectivity index (χ4v) is 0.683. The largest absolute Gasteiger partial charge is 0.494 e. The third-order valence-electron chi connectivity index (χ3n) is 1.05. The van der Waals surface area contributed by atoms with E-state index in [0.29, 0.717) is 0 Å². The molecule has 0 aliphatic heterocycles. The summed E-state index contributed by atoms with van der Waals surface area (Å²) in [6, 6.07) is 9.80. The van der Waals surface area contributed by atoms with Crippen molar-refractivity contribution < 1.29 is 4.74 Å². The Labute approximate surface area is 61.4 Å². The van der Waals surface area contributed by atoms with E-state index in [2.05, 4.69) is 0 Å². The van der Waals surface area contributed by atoms with Crippen molar-refractivity contribution in [1.82, 2.24) is 6.15 Å².